The van der Waals surface area contributed by atoms with Crippen molar-refractivity contribution in [2.75, 3.05) is 44.2 Å². The largest absolute Gasteiger partial charge is 0.416 e. The van der Waals surface area contributed by atoms with Crippen LogP contribution in [0.3, 0.4) is 0 Å². The number of para-hydroxylation sites is 1. The van der Waals surface area contributed by atoms with E-state index in [2.05, 4.69) is 26.0 Å². The molecule has 7 nitrogen and oxygen atoms in total. The van der Waals surface area contributed by atoms with Gasteiger partial charge in [0.25, 0.3) is 0 Å². The molecule has 0 spiro atoms. The van der Waals surface area contributed by atoms with Crippen molar-refractivity contribution < 1.29 is 22.5 Å². The Labute approximate surface area is 194 Å². The summed E-state index contributed by atoms with van der Waals surface area (Å²) < 4.78 is 44.2. The molecule has 3 aromatic rings. The number of nitrogens with zero attached hydrogens (tertiary/aromatic N) is 5. The third kappa shape index (κ3) is 4.83. The molecule has 1 aromatic heterocycles. The summed E-state index contributed by atoms with van der Waals surface area (Å²) in [5.41, 5.74) is 1.74. The highest BCUT2D eigenvalue weighted by atomic mass is 19.4. The molecule has 0 atom stereocenters. The predicted molar refractivity (Wildman–Crippen MR) is 119 cm³/mol. The highest BCUT2D eigenvalue weighted by Crippen LogP contribution is 2.31. The second-order valence-electron chi connectivity index (χ2n) is 8.57. The number of halogens is 3. The number of carbonyl (C=O) groups excluding carboxylic acids is 1. The summed E-state index contributed by atoms with van der Waals surface area (Å²) in [5, 5.41) is 3.85. The Morgan fingerprint density at radius 1 is 0.971 bits per heavy atom. The number of piperazine rings is 1. The van der Waals surface area contributed by atoms with Crippen LogP contribution in [-0.2, 0) is 23.9 Å². The molecule has 34 heavy (non-hydrogen) atoms. The molecule has 10 heteroatoms. The molecule has 0 radical (unpaired) electrons. The summed E-state index contributed by atoms with van der Waals surface area (Å²) in [6.45, 7) is 4.43. The van der Waals surface area contributed by atoms with E-state index in [4.69, 9.17) is 4.52 Å². The van der Waals surface area contributed by atoms with Gasteiger partial charge in [-0.2, -0.15) is 18.2 Å². The van der Waals surface area contributed by atoms with Crippen molar-refractivity contribution >= 4 is 11.6 Å². The number of anilines is 1. The normalized spacial score (nSPS) is 17.2. The third-order valence-corrected chi connectivity index (χ3v) is 6.29. The van der Waals surface area contributed by atoms with E-state index in [0.717, 1.165) is 57.0 Å². The van der Waals surface area contributed by atoms with E-state index < -0.39 is 11.7 Å². The first-order chi connectivity index (χ1) is 16.4. The summed E-state index contributed by atoms with van der Waals surface area (Å²) in [6.07, 6.45) is -3.54. The Bertz CT molecular complexity index is 1170. The monoisotopic (exact) mass is 471 g/mol. The second-order valence-corrected chi connectivity index (χ2v) is 8.57. The van der Waals surface area contributed by atoms with Gasteiger partial charge in [0.2, 0.25) is 17.6 Å². The maximum Gasteiger partial charge on any atom is 0.416 e. The number of carbonyl (C=O) groups is 1. The Morgan fingerprint density at radius 3 is 2.53 bits per heavy atom. The number of aromatic nitrogens is 2. The minimum Gasteiger partial charge on any atom is -0.338 e. The lowest BCUT2D eigenvalue weighted by Crippen LogP contribution is -2.49. The van der Waals surface area contributed by atoms with Crippen LogP contribution < -0.4 is 4.90 Å². The van der Waals surface area contributed by atoms with Gasteiger partial charge in [0.15, 0.2) is 0 Å². The predicted octanol–water partition coefficient (Wildman–Crippen LogP) is 3.46. The number of alkyl halides is 3. The molecule has 0 bridgehead atoms. The lowest BCUT2D eigenvalue weighted by Gasteiger charge is -2.34. The molecule has 1 saturated heterocycles. The fourth-order valence-electron chi connectivity index (χ4n) is 4.44. The van der Waals surface area contributed by atoms with Crippen molar-refractivity contribution in [1.29, 1.82) is 0 Å². The molecule has 3 heterocycles. The summed E-state index contributed by atoms with van der Waals surface area (Å²) >= 11 is 0. The van der Waals surface area contributed by atoms with Crippen molar-refractivity contribution in [3.63, 3.8) is 0 Å². The van der Waals surface area contributed by atoms with Crippen LogP contribution in [0.5, 0.6) is 0 Å². The van der Waals surface area contributed by atoms with Crippen LogP contribution in [0.2, 0.25) is 0 Å². The summed E-state index contributed by atoms with van der Waals surface area (Å²) in [4.78, 5) is 23.3. The fourth-order valence-corrected chi connectivity index (χ4v) is 4.44. The van der Waals surface area contributed by atoms with Crippen LogP contribution in [0.4, 0.5) is 18.9 Å². The lowest BCUT2D eigenvalue weighted by atomic mass is 10.1. The smallest absolute Gasteiger partial charge is 0.338 e. The molecule has 178 valence electrons. The van der Waals surface area contributed by atoms with E-state index in [9.17, 15) is 18.0 Å². The maximum atomic E-state index is 13.0. The van der Waals surface area contributed by atoms with Crippen LogP contribution in [0.25, 0.3) is 11.4 Å². The van der Waals surface area contributed by atoms with E-state index >= 15 is 0 Å². The highest BCUT2D eigenvalue weighted by Gasteiger charge is 2.31. The molecular weight excluding hydrogens is 447 g/mol. The number of hydrogen-bond donors (Lipinski definition) is 0. The molecule has 1 fully saturated rings. The number of fused-ring (bicyclic) bond motifs is 1. The first-order valence-electron chi connectivity index (χ1n) is 11.2. The van der Waals surface area contributed by atoms with E-state index in [-0.39, 0.29) is 17.3 Å². The number of hydrogen-bond acceptors (Lipinski definition) is 6. The lowest BCUT2D eigenvalue weighted by molar-refractivity contribution is -0.137. The van der Waals surface area contributed by atoms with Crippen LogP contribution in [0.15, 0.2) is 53.1 Å². The van der Waals surface area contributed by atoms with Crippen LogP contribution in [-0.4, -0.2) is 65.1 Å². The average molecular weight is 471 g/mol. The zero-order chi connectivity index (χ0) is 23.7. The van der Waals surface area contributed by atoms with Crippen molar-refractivity contribution in [2.45, 2.75) is 19.1 Å². The molecule has 0 saturated carbocycles. The van der Waals surface area contributed by atoms with Gasteiger partial charge in [-0.3, -0.25) is 14.6 Å². The second kappa shape index (κ2) is 9.19. The van der Waals surface area contributed by atoms with E-state index in [0.29, 0.717) is 19.0 Å². The molecular formula is C24H24F3N5O2. The van der Waals surface area contributed by atoms with Crippen LogP contribution >= 0.6 is 0 Å². The van der Waals surface area contributed by atoms with Gasteiger partial charge in [0.1, 0.15) is 0 Å². The third-order valence-electron chi connectivity index (χ3n) is 6.29. The van der Waals surface area contributed by atoms with Gasteiger partial charge in [0.05, 0.1) is 18.7 Å². The Hall–Kier alpha value is -3.24. The Morgan fingerprint density at radius 2 is 1.74 bits per heavy atom. The molecule has 0 aliphatic carbocycles. The van der Waals surface area contributed by atoms with E-state index in [1.54, 1.807) is 0 Å². The topological polar surface area (TPSA) is 65.7 Å². The van der Waals surface area contributed by atoms with Gasteiger partial charge in [-0.05, 0) is 30.2 Å². The minimum atomic E-state index is -4.43. The van der Waals surface area contributed by atoms with Crippen molar-refractivity contribution in [2.24, 2.45) is 0 Å². The summed E-state index contributed by atoms with van der Waals surface area (Å²) in [7, 11) is 0. The zero-order valence-electron chi connectivity index (χ0n) is 18.5. The number of amides is 1. The van der Waals surface area contributed by atoms with Gasteiger partial charge >= 0.3 is 6.18 Å². The quantitative estimate of drug-likeness (QED) is 0.568. The van der Waals surface area contributed by atoms with Gasteiger partial charge in [-0.15, -0.1) is 0 Å². The molecule has 0 unspecified atom stereocenters. The first-order valence-corrected chi connectivity index (χ1v) is 11.2. The van der Waals surface area contributed by atoms with E-state index in [1.807, 2.05) is 23.1 Å². The Balaban J connectivity index is 1.13. The van der Waals surface area contributed by atoms with Gasteiger partial charge < -0.3 is 9.42 Å². The van der Waals surface area contributed by atoms with Crippen molar-refractivity contribution in [3.8, 4) is 11.4 Å². The summed E-state index contributed by atoms with van der Waals surface area (Å²) in [5.74, 6) is 0.600. The number of benzene rings is 2. The highest BCUT2D eigenvalue weighted by molar-refractivity contribution is 5.96. The van der Waals surface area contributed by atoms with E-state index in [1.165, 1.54) is 17.7 Å². The van der Waals surface area contributed by atoms with Crippen molar-refractivity contribution in [3.05, 3.63) is 65.5 Å². The maximum absolute atomic E-state index is 13.0. The van der Waals surface area contributed by atoms with Crippen LogP contribution in [0, 0.1) is 0 Å². The molecule has 2 aromatic carbocycles. The molecule has 1 amide bonds. The zero-order valence-corrected chi connectivity index (χ0v) is 18.5. The molecule has 5 rings (SSSR count). The van der Waals surface area contributed by atoms with Gasteiger partial charge in [0, 0.05) is 44.0 Å². The standard InChI is InChI=1S/C24H24F3N5O2/c25-24(26,27)19-6-3-5-18(14-19)23-28-21(34-29-23)15-30-10-12-31(13-11-30)16-22(33)32-9-8-17-4-1-2-7-20(17)32/h1-7,14H,8-13,15-16H2. The molecule has 2 aliphatic rings. The minimum absolute atomic E-state index is 0.112. The summed E-state index contributed by atoms with van der Waals surface area (Å²) in [6, 6.07) is 12.9. The van der Waals surface area contributed by atoms with Gasteiger partial charge in [-0.1, -0.05) is 35.5 Å². The van der Waals surface area contributed by atoms with Crippen molar-refractivity contribution in [1.82, 2.24) is 19.9 Å². The Kier molecular flexibility index (Phi) is 6.09. The first kappa shape index (κ1) is 22.5. The average Bonchev–Trinajstić information content (AvgIpc) is 3.47. The fraction of sp³-hybridized carbons (Fsp3) is 0.375. The SMILES string of the molecule is O=C(CN1CCN(Cc2nc(-c3cccc(C(F)(F)F)c3)no2)CC1)N1CCc2ccccc21. The van der Waals surface area contributed by atoms with Gasteiger partial charge in [-0.25, -0.2) is 0 Å². The van der Waals surface area contributed by atoms with Crippen LogP contribution in [0.1, 0.15) is 17.0 Å². The molecule has 0 N–H and O–H groups in total. The number of rotatable bonds is 5. The molecule has 2 aliphatic heterocycles.